The predicted molar refractivity (Wildman–Crippen MR) is 89.1 cm³/mol. The monoisotopic (exact) mass is 357 g/mol. The van der Waals surface area contributed by atoms with E-state index >= 15 is 0 Å². The molecule has 9 heteroatoms. The van der Waals surface area contributed by atoms with Gasteiger partial charge in [0.2, 0.25) is 0 Å². The Labute approximate surface area is 144 Å². The highest BCUT2D eigenvalue weighted by atomic mass is 32.1. The molecule has 1 N–H and O–H groups in total. The summed E-state index contributed by atoms with van der Waals surface area (Å²) in [6, 6.07) is 10.2. The number of hydrogen-bond acceptors (Lipinski definition) is 7. The molecule has 8 nitrogen and oxygen atoms in total. The summed E-state index contributed by atoms with van der Waals surface area (Å²) in [5, 5.41) is 13.4. The number of carbonyl (C=O) groups excluding carboxylic acids is 2. The van der Waals surface area contributed by atoms with Crippen molar-refractivity contribution in [2.45, 2.75) is 6.54 Å². The van der Waals surface area contributed by atoms with E-state index in [0.717, 1.165) is 4.57 Å². The van der Waals surface area contributed by atoms with Crippen LogP contribution in [0.15, 0.2) is 44.9 Å². The van der Waals surface area contributed by atoms with Crippen molar-refractivity contribution in [1.29, 1.82) is 5.26 Å². The highest BCUT2D eigenvalue weighted by molar-refractivity contribution is 7.14. The summed E-state index contributed by atoms with van der Waals surface area (Å²) < 4.78 is 11.0. The molecule has 3 rings (SSSR count). The maximum Gasteiger partial charge on any atom is 0.420 e. The van der Waals surface area contributed by atoms with E-state index in [1.165, 1.54) is 11.3 Å². The average molecular weight is 357 g/mol. The van der Waals surface area contributed by atoms with Gasteiger partial charge in [0.05, 0.1) is 11.1 Å². The van der Waals surface area contributed by atoms with Crippen molar-refractivity contribution in [3.63, 3.8) is 0 Å². The Morgan fingerprint density at radius 1 is 1.32 bits per heavy atom. The fraction of sp³-hybridized carbons (Fsp3) is 0.125. The normalized spacial score (nSPS) is 10.4. The van der Waals surface area contributed by atoms with Gasteiger partial charge in [-0.2, -0.15) is 5.26 Å². The standard InChI is InChI=1S/C16H11N3O5S/c17-7-10-5-6-25-15(10)18-13(20)9-23-14(21)8-19-11-3-1-2-4-12(11)24-16(19)22/h1-6H,8-9H2,(H,18,20). The summed E-state index contributed by atoms with van der Waals surface area (Å²) in [6.45, 7) is -0.891. The van der Waals surface area contributed by atoms with Crippen LogP contribution in [0.25, 0.3) is 11.1 Å². The molecule has 0 unspecified atom stereocenters. The first-order valence-electron chi connectivity index (χ1n) is 7.10. The summed E-state index contributed by atoms with van der Waals surface area (Å²) in [5.74, 6) is -2.01. The minimum atomic E-state index is -0.754. The van der Waals surface area contributed by atoms with E-state index in [2.05, 4.69) is 5.32 Å². The van der Waals surface area contributed by atoms with E-state index in [-0.39, 0.29) is 6.54 Å². The number of carbonyl (C=O) groups is 2. The zero-order valence-corrected chi connectivity index (χ0v) is 13.5. The lowest BCUT2D eigenvalue weighted by molar-refractivity contribution is -0.147. The van der Waals surface area contributed by atoms with Crippen LogP contribution in [-0.2, 0) is 20.9 Å². The second kappa shape index (κ2) is 7.02. The number of rotatable bonds is 5. The third-order valence-corrected chi connectivity index (χ3v) is 4.09. The van der Waals surface area contributed by atoms with Crippen LogP contribution in [0.3, 0.4) is 0 Å². The van der Waals surface area contributed by atoms with Gasteiger partial charge < -0.3 is 14.5 Å². The Kier molecular flexibility index (Phi) is 4.63. The van der Waals surface area contributed by atoms with E-state index < -0.39 is 24.2 Å². The van der Waals surface area contributed by atoms with Crippen LogP contribution in [-0.4, -0.2) is 23.1 Å². The van der Waals surface area contributed by atoms with E-state index in [4.69, 9.17) is 14.4 Å². The molecule has 25 heavy (non-hydrogen) atoms. The first-order chi connectivity index (χ1) is 12.1. The molecule has 3 aromatic rings. The molecule has 1 aromatic carbocycles. The summed E-state index contributed by atoms with van der Waals surface area (Å²) in [7, 11) is 0. The molecule has 0 aliphatic heterocycles. The van der Waals surface area contributed by atoms with Crippen LogP contribution < -0.4 is 11.1 Å². The molecule has 0 aliphatic carbocycles. The molecule has 2 aromatic heterocycles. The fourth-order valence-corrected chi connectivity index (χ4v) is 2.89. The number of fused-ring (bicyclic) bond motifs is 1. The number of nitriles is 1. The predicted octanol–water partition coefficient (Wildman–Crippen LogP) is 1.71. The Balaban J connectivity index is 1.59. The molecule has 0 fully saturated rings. The number of para-hydroxylation sites is 2. The molecule has 2 heterocycles. The quantitative estimate of drug-likeness (QED) is 0.695. The molecule has 0 saturated carbocycles. The zero-order chi connectivity index (χ0) is 17.8. The average Bonchev–Trinajstić information content (AvgIpc) is 3.17. The van der Waals surface area contributed by atoms with Gasteiger partial charge in [0.1, 0.15) is 17.6 Å². The topological polar surface area (TPSA) is 114 Å². The number of nitrogens with one attached hydrogen (secondary N) is 1. The van der Waals surface area contributed by atoms with Gasteiger partial charge in [-0.15, -0.1) is 11.3 Å². The number of thiophene rings is 1. The van der Waals surface area contributed by atoms with Gasteiger partial charge >= 0.3 is 11.7 Å². The van der Waals surface area contributed by atoms with Gasteiger partial charge in [-0.05, 0) is 23.6 Å². The molecule has 0 spiro atoms. The van der Waals surface area contributed by atoms with Crippen molar-refractivity contribution in [1.82, 2.24) is 4.57 Å². The number of oxazole rings is 1. The zero-order valence-electron chi connectivity index (χ0n) is 12.7. The maximum absolute atomic E-state index is 11.9. The molecule has 0 bridgehead atoms. The van der Waals surface area contributed by atoms with Crippen LogP contribution in [0, 0.1) is 11.3 Å². The lowest BCUT2D eigenvalue weighted by Gasteiger charge is -2.06. The number of anilines is 1. The number of benzene rings is 1. The molecule has 0 atom stereocenters. The van der Waals surface area contributed by atoms with Crippen molar-refractivity contribution in [2.75, 3.05) is 11.9 Å². The van der Waals surface area contributed by atoms with Crippen molar-refractivity contribution < 1.29 is 18.7 Å². The minimum Gasteiger partial charge on any atom is -0.454 e. The molecular weight excluding hydrogens is 346 g/mol. The maximum atomic E-state index is 11.9. The third kappa shape index (κ3) is 3.59. The van der Waals surface area contributed by atoms with E-state index in [1.54, 1.807) is 35.7 Å². The lowest BCUT2D eigenvalue weighted by atomic mass is 10.3. The number of ether oxygens (including phenoxy) is 1. The summed E-state index contributed by atoms with van der Waals surface area (Å²) in [4.78, 5) is 35.4. The smallest absolute Gasteiger partial charge is 0.420 e. The largest absolute Gasteiger partial charge is 0.454 e. The molecule has 0 radical (unpaired) electrons. The second-order valence-corrected chi connectivity index (χ2v) is 5.82. The van der Waals surface area contributed by atoms with Gasteiger partial charge in [-0.3, -0.25) is 14.2 Å². The van der Waals surface area contributed by atoms with Gasteiger partial charge in [-0.25, -0.2) is 4.79 Å². The number of nitrogens with zero attached hydrogens (tertiary/aromatic N) is 2. The molecule has 0 aliphatic rings. The Hall–Kier alpha value is -3.38. The van der Waals surface area contributed by atoms with Crippen molar-refractivity contribution >= 4 is 39.3 Å². The van der Waals surface area contributed by atoms with Crippen LogP contribution in [0.2, 0.25) is 0 Å². The van der Waals surface area contributed by atoms with Crippen molar-refractivity contribution in [3.05, 3.63) is 51.8 Å². The van der Waals surface area contributed by atoms with Gasteiger partial charge in [0.25, 0.3) is 5.91 Å². The van der Waals surface area contributed by atoms with Crippen molar-refractivity contribution in [3.8, 4) is 6.07 Å². The van der Waals surface area contributed by atoms with Crippen LogP contribution in [0.4, 0.5) is 5.00 Å². The Morgan fingerprint density at radius 3 is 2.92 bits per heavy atom. The van der Waals surface area contributed by atoms with E-state index in [9.17, 15) is 14.4 Å². The molecule has 0 saturated heterocycles. The van der Waals surface area contributed by atoms with Gasteiger partial charge in [0, 0.05) is 0 Å². The lowest BCUT2D eigenvalue weighted by Crippen LogP contribution is -2.25. The van der Waals surface area contributed by atoms with Crippen LogP contribution in [0.1, 0.15) is 5.56 Å². The number of aromatic nitrogens is 1. The van der Waals surface area contributed by atoms with E-state index in [1.807, 2.05) is 6.07 Å². The minimum absolute atomic E-state index is 0.334. The van der Waals surface area contributed by atoms with Gasteiger partial charge in [0.15, 0.2) is 12.2 Å². The third-order valence-electron chi connectivity index (χ3n) is 3.26. The SMILES string of the molecule is N#Cc1ccsc1NC(=O)COC(=O)Cn1c(=O)oc2ccccc21. The number of esters is 1. The molecule has 126 valence electrons. The molecular formula is C16H11N3O5S. The highest BCUT2D eigenvalue weighted by Gasteiger charge is 2.15. The first kappa shape index (κ1) is 16.5. The Bertz CT molecular complexity index is 1040. The summed E-state index contributed by atoms with van der Waals surface area (Å²) in [6.07, 6.45) is 0. The second-order valence-electron chi connectivity index (χ2n) is 4.91. The molecule has 1 amide bonds. The summed E-state index contributed by atoms with van der Waals surface area (Å²) >= 11 is 1.19. The van der Waals surface area contributed by atoms with Gasteiger partial charge in [-0.1, -0.05) is 12.1 Å². The fourth-order valence-electron chi connectivity index (χ4n) is 2.14. The van der Waals surface area contributed by atoms with E-state index in [0.29, 0.717) is 21.7 Å². The first-order valence-corrected chi connectivity index (χ1v) is 7.98. The Morgan fingerprint density at radius 2 is 2.12 bits per heavy atom. The van der Waals surface area contributed by atoms with Crippen LogP contribution >= 0.6 is 11.3 Å². The van der Waals surface area contributed by atoms with Crippen LogP contribution in [0.5, 0.6) is 0 Å². The number of hydrogen-bond donors (Lipinski definition) is 1. The highest BCUT2D eigenvalue weighted by Crippen LogP contribution is 2.21. The number of amides is 1. The van der Waals surface area contributed by atoms with Crippen molar-refractivity contribution in [2.24, 2.45) is 0 Å². The summed E-state index contributed by atoms with van der Waals surface area (Å²) in [5.41, 5.74) is 1.16.